The highest BCUT2D eigenvalue weighted by Gasteiger charge is 2.12. The number of non-ortho nitro benzene ring substituents is 1. The molecule has 7 heteroatoms. The minimum Gasteiger partial charge on any atom is -0.872 e. The van der Waals surface area contributed by atoms with Crippen LogP contribution < -0.4 is 10.5 Å². The molecule has 0 bridgehead atoms. The molecule has 0 aliphatic carbocycles. The van der Waals surface area contributed by atoms with Crippen LogP contribution in [0.15, 0.2) is 53.6 Å². The van der Waals surface area contributed by atoms with Gasteiger partial charge in [-0.1, -0.05) is 42.1 Å². The first-order chi connectivity index (χ1) is 10.1. The van der Waals surface area contributed by atoms with E-state index in [0.29, 0.717) is 0 Å². The van der Waals surface area contributed by atoms with Crippen LogP contribution in [0.5, 0.6) is 5.75 Å². The molecule has 2 aromatic rings. The molecule has 0 heterocycles. The molecular formula is C14H10N3O4-. The Morgan fingerprint density at radius 1 is 1.19 bits per heavy atom. The summed E-state index contributed by atoms with van der Waals surface area (Å²) in [6.07, 6.45) is 1.40. The van der Waals surface area contributed by atoms with Crippen LogP contribution in [-0.2, 0) is 0 Å². The molecule has 2 rings (SSSR count). The lowest BCUT2D eigenvalue weighted by Gasteiger charge is -2.10. The van der Waals surface area contributed by atoms with E-state index in [1.54, 1.807) is 24.3 Å². The Morgan fingerprint density at radius 3 is 2.57 bits per heavy atom. The number of carbonyl (C=O) groups excluding carboxylic acids is 1. The van der Waals surface area contributed by atoms with Gasteiger partial charge in [-0.05, 0) is 5.56 Å². The van der Waals surface area contributed by atoms with E-state index in [4.69, 9.17) is 0 Å². The van der Waals surface area contributed by atoms with E-state index < -0.39 is 16.6 Å². The molecule has 0 unspecified atom stereocenters. The van der Waals surface area contributed by atoms with Gasteiger partial charge in [-0.25, -0.2) is 5.43 Å². The number of hydrazone groups is 1. The van der Waals surface area contributed by atoms with Gasteiger partial charge in [-0.15, -0.1) is 0 Å². The molecule has 106 valence electrons. The van der Waals surface area contributed by atoms with Crippen LogP contribution in [0.25, 0.3) is 0 Å². The van der Waals surface area contributed by atoms with Gasteiger partial charge in [0.05, 0.1) is 11.1 Å². The average Bonchev–Trinajstić information content (AvgIpc) is 2.48. The number of benzene rings is 2. The maximum absolute atomic E-state index is 11.8. The molecule has 0 aromatic heterocycles. The van der Waals surface area contributed by atoms with E-state index in [-0.39, 0.29) is 11.3 Å². The van der Waals surface area contributed by atoms with Crippen molar-refractivity contribution in [3.63, 3.8) is 0 Å². The first-order valence-corrected chi connectivity index (χ1v) is 5.92. The molecule has 0 atom stereocenters. The lowest BCUT2D eigenvalue weighted by molar-refractivity contribution is -0.385. The van der Waals surface area contributed by atoms with Crippen molar-refractivity contribution in [3.05, 3.63) is 69.8 Å². The van der Waals surface area contributed by atoms with Gasteiger partial charge in [0.2, 0.25) is 0 Å². The van der Waals surface area contributed by atoms with Crippen molar-refractivity contribution in [3.8, 4) is 5.75 Å². The van der Waals surface area contributed by atoms with E-state index in [0.717, 1.165) is 23.8 Å². The van der Waals surface area contributed by atoms with Gasteiger partial charge in [-0.3, -0.25) is 14.9 Å². The van der Waals surface area contributed by atoms with E-state index in [1.165, 1.54) is 6.21 Å². The van der Waals surface area contributed by atoms with Crippen molar-refractivity contribution >= 4 is 17.8 Å². The molecule has 0 spiro atoms. The van der Waals surface area contributed by atoms with Gasteiger partial charge in [0.15, 0.2) is 0 Å². The Kier molecular flexibility index (Phi) is 4.25. The van der Waals surface area contributed by atoms with Crippen LogP contribution in [0, 0.1) is 10.1 Å². The van der Waals surface area contributed by atoms with E-state index in [9.17, 15) is 20.0 Å². The van der Waals surface area contributed by atoms with Crippen LogP contribution in [0.2, 0.25) is 0 Å². The summed E-state index contributed by atoms with van der Waals surface area (Å²) >= 11 is 0. The Bertz CT molecular complexity index is 699. The topological polar surface area (TPSA) is 108 Å². The smallest absolute Gasteiger partial charge is 0.270 e. The molecule has 0 aliphatic rings. The third-order valence-electron chi connectivity index (χ3n) is 2.60. The second-order valence-electron chi connectivity index (χ2n) is 4.05. The SMILES string of the molecule is O=C(N/N=C\c1ccccc1)c1cc([N+](=O)[O-])ccc1[O-]. The van der Waals surface area contributed by atoms with E-state index in [2.05, 4.69) is 10.5 Å². The van der Waals surface area contributed by atoms with Crippen molar-refractivity contribution in [1.29, 1.82) is 0 Å². The molecule has 0 saturated carbocycles. The first kappa shape index (κ1) is 14.2. The van der Waals surface area contributed by atoms with Gasteiger partial charge in [0.1, 0.15) is 0 Å². The fourth-order valence-corrected chi connectivity index (χ4v) is 1.57. The zero-order valence-corrected chi connectivity index (χ0v) is 10.7. The van der Waals surface area contributed by atoms with Gasteiger partial charge in [0, 0.05) is 17.7 Å². The molecule has 1 amide bonds. The number of nitro groups is 1. The van der Waals surface area contributed by atoms with Crippen molar-refractivity contribution in [1.82, 2.24) is 5.43 Å². The number of nitrogens with one attached hydrogen (secondary N) is 1. The minimum absolute atomic E-state index is 0.325. The number of hydrogen-bond acceptors (Lipinski definition) is 5. The molecule has 0 aliphatic heterocycles. The molecule has 0 saturated heterocycles. The number of rotatable bonds is 4. The Labute approximate surface area is 119 Å². The fourth-order valence-electron chi connectivity index (χ4n) is 1.57. The number of carbonyl (C=O) groups is 1. The fraction of sp³-hybridized carbons (Fsp3) is 0. The first-order valence-electron chi connectivity index (χ1n) is 5.92. The van der Waals surface area contributed by atoms with E-state index >= 15 is 0 Å². The Balaban J connectivity index is 2.12. The summed E-state index contributed by atoms with van der Waals surface area (Å²) in [5.74, 6) is -1.40. The van der Waals surface area contributed by atoms with Crippen molar-refractivity contribution in [2.75, 3.05) is 0 Å². The van der Waals surface area contributed by atoms with E-state index in [1.807, 2.05) is 6.07 Å². The van der Waals surface area contributed by atoms with Crippen molar-refractivity contribution < 1.29 is 14.8 Å². The van der Waals surface area contributed by atoms with Crippen molar-refractivity contribution in [2.45, 2.75) is 0 Å². The standard InChI is InChI=1S/C14H11N3O4/c18-13-7-6-11(17(20)21)8-12(13)14(19)16-15-9-10-4-2-1-3-5-10/h1-9,18H,(H,16,19)/p-1/b15-9-. The summed E-state index contributed by atoms with van der Waals surface area (Å²) in [6.45, 7) is 0. The summed E-state index contributed by atoms with van der Waals surface area (Å²) in [7, 11) is 0. The molecule has 0 fully saturated rings. The third-order valence-corrected chi connectivity index (χ3v) is 2.60. The van der Waals surface area contributed by atoms with Gasteiger partial charge < -0.3 is 5.11 Å². The highest BCUT2D eigenvalue weighted by atomic mass is 16.6. The summed E-state index contributed by atoms with van der Waals surface area (Å²) in [6, 6.07) is 12.0. The lowest BCUT2D eigenvalue weighted by Crippen LogP contribution is -2.19. The zero-order valence-electron chi connectivity index (χ0n) is 10.7. The quantitative estimate of drug-likeness (QED) is 0.520. The predicted molar refractivity (Wildman–Crippen MR) is 74.0 cm³/mol. The van der Waals surface area contributed by atoms with Gasteiger partial charge in [0.25, 0.3) is 11.6 Å². The monoisotopic (exact) mass is 284 g/mol. The number of amides is 1. The maximum atomic E-state index is 11.8. The largest absolute Gasteiger partial charge is 0.872 e. The maximum Gasteiger partial charge on any atom is 0.270 e. The molecular weight excluding hydrogens is 274 g/mol. The second kappa shape index (κ2) is 6.29. The number of hydrogen-bond donors (Lipinski definition) is 1. The molecule has 1 N–H and O–H groups in total. The summed E-state index contributed by atoms with van der Waals surface area (Å²) in [4.78, 5) is 21.7. The summed E-state index contributed by atoms with van der Waals surface area (Å²) in [5, 5.41) is 25.9. The normalized spacial score (nSPS) is 10.5. The van der Waals surface area contributed by atoms with Crippen LogP contribution >= 0.6 is 0 Å². The molecule has 2 aromatic carbocycles. The van der Waals surface area contributed by atoms with Crippen molar-refractivity contribution in [2.24, 2.45) is 5.10 Å². The van der Waals surface area contributed by atoms with Crippen LogP contribution in [0.3, 0.4) is 0 Å². The number of nitrogens with zero attached hydrogens (tertiary/aromatic N) is 2. The van der Waals surface area contributed by atoms with Crippen LogP contribution in [-0.4, -0.2) is 17.0 Å². The highest BCUT2D eigenvalue weighted by molar-refractivity contribution is 5.97. The van der Waals surface area contributed by atoms with Gasteiger partial charge >= 0.3 is 0 Å². The molecule has 7 nitrogen and oxygen atoms in total. The molecule has 21 heavy (non-hydrogen) atoms. The van der Waals surface area contributed by atoms with Gasteiger partial charge in [-0.2, -0.15) is 5.10 Å². The van der Waals surface area contributed by atoms with Crippen LogP contribution in [0.1, 0.15) is 15.9 Å². The van der Waals surface area contributed by atoms with Crippen LogP contribution in [0.4, 0.5) is 5.69 Å². The Hall–Kier alpha value is -3.22. The second-order valence-corrected chi connectivity index (χ2v) is 4.05. The molecule has 0 radical (unpaired) electrons. The summed E-state index contributed by atoms with van der Waals surface area (Å²) in [5.41, 5.74) is 2.27. The Morgan fingerprint density at radius 2 is 1.90 bits per heavy atom. The summed E-state index contributed by atoms with van der Waals surface area (Å²) < 4.78 is 0. The third kappa shape index (κ3) is 3.63. The highest BCUT2D eigenvalue weighted by Crippen LogP contribution is 2.20. The average molecular weight is 284 g/mol. The zero-order chi connectivity index (χ0) is 15.2. The predicted octanol–water partition coefficient (Wildman–Crippen LogP) is 1.43. The number of nitro benzene ring substituents is 1. The lowest BCUT2D eigenvalue weighted by atomic mass is 10.1. The minimum atomic E-state index is -0.795.